The van der Waals surface area contributed by atoms with Crippen molar-refractivity contribution >= 4 is 11.0 Å². The number of phenols is 1. The van der Waals surface area contributed by atoms with Crippen molar-refractivity contribution in [3.05, 3.63) is 192 Å². The number of benzene rings is 7. The molecule has 0 aliphatic heterocycles. The fraction of sp³-hybridized carbons (Fsp3) is 0.226. The minimum Gasteiger partial charge on any atom is -0.507 e. The Morgan fingerprint density at radius 3 is 1.81 bits per heavy atom. The Morgan fingerprint density at radius 2 is 1.18 bits per heavy atom. The molecule has 0 amide bonds. The van der Waals surface area contributed by atoms with Gasteiger partial charge in [0.15, 0.2) is 0 Å². The monoisotopic (exact) mass is 1060 g/mol. The van der Waals surface area contributed by atoms with E-state index in [0.717, 1.165) is 78.1 Å². The number of imidazole rings is 1. The van der Waals surface area contributed by atoms with Gasteiger partial charge in [-0.1, -0.05) is 188 Å². The molecule has 4 nitrogen and oxygen atoms in total. The zero-order valence-corrected chi connectivity index (χ0v) is 42.4. The summed E-state index contributed by atoms with van der Waals surface area (Å²) < 4.78 is 28.7. The van der Waals surface area contributed by atoms with Gasteiger partial charge in [0.2, 0.25) is 0 Å². The van der Waals surface area contributed by atoms with Crippen molar-refractivity contribution in [1.82, 2.24) is 14.5 Å². The summed E-state index contributed by atoms with van der Waals surface area (Å²) in [6.45, 7) is 19.2. The van der Waals surface area contributed by atoms with E-state index < -0.39 is 12.3 Å². The van der Waals surface area contributed by atoms with Gasteiger partial charge in [0, 0.05) is 48.2 Å². The number of fused-ring (bicyclic) bond motifs is 1. The van der Waals surface area contributed by atoms with E-state index in [1.54, 1.807) is 0 Å². The van der Waals surface area contributed by atoms with E-state index in [2.05, 4.69) is 153 Å². The summed E-state index contributed by atoms with van der Waals surface area (Å²) >= 11 is 0. The molecule has 2 heterocycles. The van der Waals surface area contributed by atoms with Crippen molar-refractivity contribution in [2.75, 3.05) is 0 Å². The van der Waals surface area contributed by atoms with Crippen molar-refractivity contribution in [1.29, 1.82) is 0 Å². The molecule has 0 atom stereocenters. The smallest absolute Gasteiger partial charge is 0.148 e. The van der Waals surface area contributed by atoms with Crippen molar-refractivity contribution in [3.63, 3.8) is 0 Å². The number of aryl methyl sites for hydroxylation is 2. The summed E-state index contributed by atoms with van der Waals surface area (Å²) in [7, 11) is 0. The first kappa shape index (κ1) is 43.2. The molecule has 9 aromatic rings. The van der Waals surface area contributed by atoms with E-state index in [1.165, 1.54) is 5.56 Å². The van der Waals surface area contributed by atoms with Gasteiger partial charge in [-0.2, -0.15) is 0 Å². The summed E-state index contributed by atoms with van der Waals surface area (Å²) in [5.41, 5.74) is 14.9. The maximum atomic E-state index is 12.7. The zero-order valence-electron chi connectivity index (χ0n) is 43.1. The van der Waals surface area contributed by atoms with E-state index in [9.17, 15) is 5.11 Å². The molecule has 7 aromatic carbocycles. The first-order valence-electron chi connectivity index (χ1n) is 24.4. The molecule has 0 aliphatic rings. The van der Waals surface area contributed by atoms with Crippen molar-refractivity contribution < 1.29 is 30.3 Å². The number of pyridine rings is 1. The number of phenolic OH excluding ortho intramolecular Hbond substituents is 1. The normalized spacial score (nSPS) is 12.9. The summed E-state index contributed by atoms with van der Waals surface area (Å²) in [5, 5.41) is 12.7. The fourth-order valence-corrected chi connectivity index (χ4v) is 8.82. The third-order valence-electron chi connectivity index (χ3n) is 12.7. The Kier molecular flexibility index (Phi) is 11.6. The van der Waals surface area contributed by atoms with E-state index >= 15 is 0 Å². The van der Waals surface area contributed by atoms with Crippen LogP contribution in [0, 0.1) is 19.8 Å². The van der Waals surface area contributed by atoms with Crippen LogP contribution in [-0.2, 0) is 37.3 Å². The summed E-state index contributed by atoms with van der Waals surface area (Å²) in [5.74, 6) is 0.685. The van der Waals surface area contributed by atoms with Gasteiger partial charge in [0.05, 0.1) is 22.3 Å². The van der Waals surface area contributed by atoms with Gasteiger partial charge < -0.3 is 5.11 Å². The van der Waals surface area contributed by atoms with Crippen LogP contribution in [0.5, 0.6) is 5.75 Å². The average molecular weight is 1060 g/mol. The minimum absolute atomic E-state index is 0. The molecule has 0 spiro atoms. The SMILES string of the molecule is [2H]C([2H])([2H])c1cc(-c2ccccc2)c(-n2c(-c3cc(C(C)(C)C)cc(C(C)(C)C)c3O)nc3c(-c4[c-]c(-c5cc(-c6ccc(C)cc6)ccn5)cc(C(C)(C)C)c4)cccc32)cc1-c1ccccc1.[Pt]. The van der Waals surface area contributed by atoms with Crippen molar-refractivity contribution in [2.45, 2.75) is 92.3 Å². The van der Waals surface area contributed by atoms with Crippen LogP contribution in [0.1, 0.15) is 94.2 Å². The predicted octanol–water partition coefficient (Wildman–Crippen LogP) is 16.4. The van der Waals surface area contributed by atoms with E-state index in [-0.39, 0.29) is 43.2 Å². The molecular weight excluding hydrogens is 998 g/mol. The molecule has 0 radical (unpaired) electrons. The van der Waals surface area contributed by atoms with Crippen LogP contribution >= 0.6 is 0 Å². The van der Waals surface area contributed by atoms with Crippen LogP contribution in [0.3, 0.4) is 0 Å². The maximum absolute atomic E-state index is 12.7. The summed E-state index contributed by atoms with van der Waals surface area (Å²) in [6.07, 6.45) is 1.87. The minimum atomic E-state index is -2.43. The second kappa shape index (κ2) is 18.0. The molecule has 0 unspecified atom stereocenters. The number of nitrogens with zero attached hydrogens (tertiary/aromatic N) is 3. The summed E-state index contributed by atoms with van der Waals surface area (Å²) in [4.78, 5) is 10.6. The second-order valence-electron chi connectivity index (χ2n) is 20.8. The molecule has 0 fully saturated rings. The molecule has 0 saturated carbocycles. The Balaban J connectivity index is 0.00000659. The van der Waals surface area contributed by atoms with Gasteiger partial charge in [-0.15, -0.1) is 29.3 Å². The largest absolute Gasteiger partial charge is 0.507 e. The quantitative estimate of drug-likeness (QED) is 0.162. The van der Waals surface area contributed by atoms with Crippen LogP contribution in [0.25, 0.3) is 83.9 Å². The topological polar surface area (TPSA) is 50.9 Å². The van der Waals surface area contributed by atoms with Gasteiger partial charge in [-0.05, 0) is 99.3 Å². The number of hydrogen-bond acceptors (Lipinski definition) is 3. The van der Waals surface area contributed by atoms with Crippen LogP contribution in [0.2, 0.25) is 0 Å². The Labute approximate surface area is 416 Å². The molecule has 9 rings (SSSR count). The van der Waals surface area contributed by atoms with Gasteiger partial charge in [-0.3, -0.25) is 9.55 Å². The zero-order chi connectivity index (χ0) is 49.2. The van der Waals surface area contributed by atoms with Crippen molar-refractivity contribution in [3.8, 4) is 78.6 Å². The third kappa shape index (κ3) is 9.34. The van der Waals surface area contributed by atoms with Crippen LogP contribution in [0.4, 0.5) is 0 Å². The first-order chi connectivity index (χ1) is 32.6. The number of rotatable bonds is 7. The number of aromatic nitrogens is 3. The molecular formula is C62H60N3OPt-. The van der Waals surface area contributed by atoms with E-state index in [0.29, 0.717) is 22.5 Å². The van der Waals surface area contributed by atoms with Crippen LogP contribution < -0.4 is 0 Å². The predicted molar refractivity (Wildman–Crippen MR) is 278 cm³/mol. The molecule has 5 heteroatoms. The summed E-state index contributed by atoms with van der Waals surface area (Å²) in [6, 6.07) is 54.9. The Bertz CT molecular complexity index is 3370. The molecule has 0 saturated heterocycles. The van der Waals surface area contributed by atoms with Gasteiger partial charge in [0.25, 0.3) is 0 Å². The fourth-order valence-electron chi connectivity index (χ4n) is 8.82. The van der Waals surface area contributed by atoms with Gasteiger partial charge in [-0.25, -0.2) is 4.98 Å². The molecule has 2 aromatic heterocycles. The van der Waals surface area contributed by atoms with Crippen LogP contribution in [0.15, 0.2) is 158 Å². The van der Waals surface area contributed by atoms with Crippen LogP contribution in [-0.4, -0.2) is 19.6 Å². The average Bonchev–Trinajstić information content (AvgIpc) is 3.70. The number of para-hydroxylation sites is 1. The first-order valence-corrected chi connectivity index (χ1v) is 22.9. The molecule has 0 bridgehead atoms. The standard InChI is InChI=1S/C62H60N3O.Pt/c1-39-25-27-41(28-26-39)44-29-30-63-54(35-44)46-32-45(33-47(34-46)60(3,4)5)49-23-18-24-55-57(49)64-59(52-36-48(61(6,7)8)37-53(58(52)66)62(9,10)11)65(55)56-38-50(42-19-14-12-15-20-42)40(2)31-51(56)43-21-16-13-17-22-43;/h12-31,33-38,66H,1-11H3;/q-1;/i2D3;. The third-order valence-corrected chi connectivity index (χ3v) is 12.7. The van der Waals surface area contributed by atoms with E-state index in [4.69, 9.17) is 14.1 Å². The van der Waals surface area contributed by atoms with Gasteiger partial charge >= 0.3 is 0 Å². The number of aromatic hydroxyl groups is 1. The maximum Gasteiger partial charge on any atom is 0.148 e. The molecule has 340 valence electrons. The van der Waals surface area contributed by atoms with E-state index in [1.807, 2.05) is 85.1 Å². The number of hydrogen-bond donors (Lipinski definition) is 1. The molecule has 67 heavy (non-hydrogen) atoms. The Morgan fingerprint density at radius 1 is 0.552 bits per heavy atom. The van der Waals surface area contributed by atoms with Crippen molar-refractivity contribution in [2.24, 2.45) is 0 Å². The molecule has 0 aliphatic carbocycles. The Hall–Kier alpha value is -6.35. The second-order valence-corrected chi connectivity index (χ2v) is 20.8. The molecule has 1 N–H and O–H groups in total. The van der Waals surface area contributed by atoms with Gasteiger partial charge in [0.1, 0.15) is 11.6 Å².